The average molecular weight is 596 g/mol. The fraction of sp³-hybridized carbons (Fsp3) is 0.483. The number of ether oxygens (including phenoxy) is 3. The molecule has 4 bridgehead atoms. The predicted molar refractivity (Wildman–Crippen MR) is 155 cm³/mol. The van der Waals surface area contributed by atoms with E-state index in [0.717, 1.165) is 24.0 Å². The van der Waals surface area contributed by atoms with Crippen LogP contribution in [0.1, 0.15) is 39.2 Å². The molecule has 12 nitrogen and oxygen atoms in total. The molecule has 14 heteroatoms. The second-order valence-electron chi connectivity index (χ2n) is 10.7. The zero-order valence-corrected chi connectivity index (χ0v) is 24.4. The fourth-order valence-corrected chi connectivity index (χ4v) is 5.39. The quantitative estimate of drug-likeness (QED) is 0.335. The summed E-state index contributed by atoms with van der Waals surface area (Å²) in [6.07, 6.45) is 6.56. The van der Waals surface area contributed by atoms with Crippen molar-refractivity contribution in [3.8, 4) is 40.0 Å². The summed E-state index contributed by atoms with van der Waals surface area (Å²) >= 11 is 0. The van der Waals surface area contributed by atoms with Crippen molar-refractivity contribution in [1.29, 1.82) is 0 Å². The summed E-state index contributed by atoms with van der Waals surface area (Å²) in [5.41, 5.74) is 2.17. The van der Waals surface area contributed by atoms with E-state index in [0.29, 0.717) is 73.3 Å². The van der Waals surface area contributed by atoms with E-state index in [1.54, 1.807) is 34.2 Å². The lowest BCUT2D eigenvalue weighted by molar-refractivity contribution is 0.0688. The number of pyridine rings is 1. The number of fused-ring (bicyclic) bond motifs is 6. The minimum atomic E-state index is -2.33. The summed E-state index contributed by atoms with van der Waals surface area (Å²) in [4.78, 5) is 15.6. The Kier molecular flexibility index (Phi) is 8.36. The number of halogens is 2. The maximum atomic E-state index is 12.9. The lowest BCUT2D eigenvalue weighted by Crippen LogP contribution is -2.37. The molecule has 6 rings (SSSR count). The number of nitrogens with zero attached hydrogens (tertiary/aromatic N) is 8. The maximum Gasteiger partial charge on any atom is 0.251 e. The second kappa shape index (κ2) is 12.5. The third kappa shape index (κ3) is 6.38. The van der Waals surface area contributed by atoms with Gasteiger partial charge in [0.25, 0.3) is 6.43 Å². The molecule has 0 aliphatic carbocycles. The number of likely N-dealkylation sites (tertiary alicyclic amines) is 1. The van der Waals surface area contributed by atoms with Crippen molar-refractivity contribution in [3.05, 3.63) is 36.9 Å². The van der Waals surface area contributed by atoms with Gasteiger partial charge in [-0.05, 0) is 32.8 Å². The van der Waals surface area contributed by atoms with Gasteiger partial charge < -0.3 is 19.5 Å². The zero-order valence-electron chi connectivity index (χ0n) is 24.4. The number of aromatic nitrogens is 7. The van der Waals surface area contributed by atoms with Crippen molar-refractivity contribution >= 4 is 11.6 Å². The molecule has 0 unspecified atom stereocenters. The Labute approximate surface area is 248 Å². The van der Waals surface area contributed by atoms with Crippen LogP contribution in [0.2, 0.25) is 0 Å². The van der Waals surface area contributed by atoms with Gasteiger partial charge in [0, 0.05) is 56.8 Å². The molecule has 43 heavy (non-hydrogen) atoms. The number of nitrogens with one attached hydrogen (secondary N) is 1. The predicted octanol–water partition coefficient (Wildman–Crippen LogP) is 4.73. The Bertz CT molecular complexity index is 1550. The Hall–Kier alpha value is -4.33. The summed E-state index contributed by atoms with van der Waals surface area (Å²) in [7, 11) is 1.81. The highest BCUT2D eigenvalue weighted by atomic mass is 19.3. The molecule has 1 atom stereocenters. The molecule has 0 spiro atoms. The van der Waals surface area contributed by atoms with Gasteiger partial charge in [-0.2, -0.15) is 5.10 Å². The highest BCUT2D eigenvalue weighted by Crippen LogP contribution is 2.39. The minimum absolute atomic E-state index is 0.0746. The van der Waals surface area contributed by atoms with Gasteiger partial charge >= 0.3 is 0 Å². The van der Waals surface area contributed by atoms with E-state index in [4.69, 9.17) is 19.3 Å². The van der Waals surface area contributed by atoms with E-state index < -0.39 is 6.43 Å². The SMILES string of the molecule is CCOc1nn(C2CCN(CC(F)F)CC2)cc1-c1cnc2cc1O[C@@H](C)CCOc1c(cnn1C)-c1nccc(n1)N2. The van der Waals surface area contributed by atoms with Gasteiger partial charge in [0.05, 0.1) is 43.7 Å². The van der Waals surface area contributed by atoms with Crippen molar-refractivity contribution in [2.45, 2.75) is 51.7 Å². The number of aryl methyl sites for hydroxylation is 1. The Morgan fingerprint density at radius 1 is 1.09 bits per heavy atom. The third-order valence-electron chi connectivity index (χ3n) is 7.59. The second-order valence-corrected chi connectivity index (χ2v) is 10.7. The molecule has 0 saturated carbocycles. The number of hydrogen-bond donors (Lipinski definition) is 1. The molecule has 0 amide bonds. The van der Waals surface area contributed by atoms with Gasteiger partial charge in [0.15, 0.2) is 5.82 Å². The first-order chi connectivity index (χ1) is 20.9. The van der Waals surface area contributed by atoms with E-state index in [9.17, 15) is 8.78 Å². The number of anilines is 2. The molecule has 4 aromatic heterocycles. The highest BCUT2D eigenvalue weighted by Gasteiger charge is 2.26. The summed E-state index contributed by atoms with van der Waals surface area (Å²) in [6.45, 7) is 5.71. The molecule has 0 radical (unpaired) electrons. The van der Waals surface area contributed by atoms with Crippen LogP contribution in [0.4, 0.5) is 20.4 Å². The van der Waals surface area contributed by atoms with Crippen molar-refractivity contribution < 1.29 is 23.0 Å². The standard InChI is InChI=1S/C29H35F2N9O3/c1-4-41-28-22(16-40(37-28)19-6-10-39(11-7-19)17-24(30)31)20-14-33-26-13-23(20)43-18(2)8-12-42-29-21(15-34-38(29)3)27-32-9-5-25(35-26)36-27/h5,9,13-16,18-19,24H,4,6-8,10-12,17H2,1-3H3,(H,32,33,35,36)/t18-/m0/s1. The van der Waals surface area contributed by atoms with Crippen molar-refractivity contribution in [3.63, 3.8) is 0 Å². The lowest BCUT2D eigenvalue weighted by atomic mass is 10.1. The van der Waals surface area contributed by atoms with E-state index in [1.165, 1.54) is 0 Å². The summed E-state index contributed by atoms with van der Waals surface area (Å²) in [5, 5.41) is 12.4. The van der Waals surface area contributed by atoms with Crippen molar-refractivity contribution in [2.75, 3.05) is 38.2 Å². The van der Waals surface area contributed by atoms with Crippen LogP contribution in [-0.2, 0) is 7.05 Å². The lowest BCUT2D eigenvalue weighted by Gasteiger charge is -2.31. The first-order valence-electron chi connectivity index (χ1n) is 14.5. The minimum Gasteiger partial charge on any atom is -0.490 e. The van der Waals surface area contributed by atoms with Gasteiger partial charge in [0.1, 0.15) is 22.9 Å². The largest absolute Gasteiger partial charge is 0.490 e. The molecule has 228 valence electrons. The molecule has 1 saturated heterocycles. The number of hydrogen-bond acceptors (Lipinski definition) is 10. The average Bonchev–Trinajstić information content (AvgIpc) is 3.57. The normalized spacial score (nSPS) is 17.9. The molecule has 1 fully saturated rings. The Balaban J connectivity index is 1.32. The van der Waals surface area contributed by atoms with Crippen LogP contribution in [0.3, 0.4) is 0 Å². The summed E-state index contributed by atoms with van der Waals surface area (Å²) in [6, 6.07) is 3.67. The van der Waals surface area contributed by atoms with E-state index in [-0.39, 0.29) is 18.7 Å². The van der Waals surface area contributed by atoms with Gasteiger partial charge in [-0.1, -0.05) is 0 Å². The molecule has 4 aromatic rings. The zero-order chi connectivity index (χ0) is 29.9. The number of rotatable bonds is 6. The van der Waals surface area contributed by atoms with Crippen LogP contribution in [0, 0.1) is 0 Å². The molecule has 2 aliphatic heterocycles. The van der Waals surface area contributed by atoms with Crippen LogP contribution in [0.5, 0.6) is 17.5 Å². The van der Waals surface area contributed by atoms with Crippen LogP contribution in [-0.4, -0.2) is 84.8 Å². The van der Waals surface area contributed by atoms with Gasteiger partial charge in [-0.15, -0.1) is 5.10 Å². The summed E-state index contributed by atoms with van der Waals surface area (Å²) in [5.74, 6) is 3.24. The molecule has 0 aromatic carbocycles. The number of alkyl halides is 2. The first-order valence-corrected chi connectivity index (χ1v) is 14.5. The Morgan fingerprint density at radius 3 is 2.72 bits per heavy atom. The molecular formula is C29H35F2N9O3. The molecule has 1 N–H and O–H groups in total. The smallest absolute Gasteiger partial charge is 0.251 e. The van der Waals surface area contributed by atoms with Crippen LogP contribution in [0.15, 0.2) is 36.9 Å². The van der Waals surface area contributed by atoms with E-state index >= 15 is 0 Å². The van der Waals surface area contributed by atoms with Gasteiger partial charge in [-0.3, -0.25) is 9.58 Å². The van der Waals surface area contributed by atoms with Crippen LogP contribution >= 0.6 is 0 Å². The summed E-state index contributed by atoms with van der Waals surface area (Å²) < 4.78 is 47.9. The van der Waals surface area contributed by atoms with Crippen LogP contribution in [0.25, 0.3) is 22.5 Å². The van der Waals surface area contributed by atoms with Gasteiger partial charge in [0.2, 0.25) is 11.8 Å². The van der Waals surface area contributed by atoms with Crippen molar-refractivity contribution in [1.82, 2.24) is 39.4 Å². The topological polar surface area (TPSA) is 117 Å². The van der Waals surface area contributed by atoms with Crippen LogP contribution < -0.4 is 19.5 Å². The maximum absolute atomic E-state index is 12.9. The monoisotopic (exact) mass is 595 g/mol. The van der Waals surface area contributed by atoms with E-state index in [1.807, 2.05) is 37.8 Å². The molecule has 6 heterocycles. The van der Waals surface area contributed by atoms with Gasteiger partial charge in [-0.25, -0.2) is 28.4 Å². The van der Waals surface area contributed by atoms with Crippen molar-refractivity contribution in [2.24, 2.45) is 7.05 Å². The number of piperidine rings is 1. The first kappa shape index (κ1) is 28.8. The fourth-order valence-electron chi connectivity index (χ4n) is 5.39. The molecule has 2 aliphatic rings. The van der Waals surface area contributed by atoms with E-state index in [2.05, 4.69) is 25.4 Å². The Morgan fingerprint density at radius 2 is 1.93 bits per heavy atom. The third-order valence-corrected chi connectivity index (χ3v) is 7.59. The molecular weight excluding hydrogens is 560 g/mol. The highest BCUT2D eigenvalue weighted by molar-refractivity contribution is 5.75.